The van der Waals surface area contributed by atoms with E-state index in [0.29, 0.717) is 12.4 Å². The van der Waals surface area contributed by atoms with Crippen molar-refractivity contribution in [2.75, 3.05) is 12.8 Å². The SMILES string of the molecule is COCc1nc(C(C)C)nc(N)c1I. The first-order valence-corrected chi connectivity index (χ1v) is 5.44. The molecule has 0 atom stereocenters. The van der Waals surface area contributed by atoms with Gasteiger partial charge in [0.1, 0.15) is 11.6 Å². The van der Waals surface area contributed by atoms with Crippen molar-refractivity contribution >= 4 is 28.4 Å². The van der Waals surface area contributed by atoms with E-state index in [1.807, 2.05) is 13.8 Å². The molecular weight excluding hydrogens is 293 g/mol. The first-order chi connectivity index (χ1) is 6.56. The number of ether oxygens (including phenoxy) is 1. The molecule has 0 fully saturated rings. The summed E-state index contributed by atoms with van der Waals surface area (Å²) >= 11 is 2.14. The first-order valence-electron chi connectivity index (χ1n) is 4.37. The van der Waals surface area contributed by atoms with Crippen LogP contribution >= 0.6 is 22.6 Å². The van der Waals surface area contributed by atoms with E-state index in [-0.39, 0.29) is 5.92 Å². The van der Waals surface area contributed by atoms with Crippen LogP contribution in [0.25, 0.3) is 0 Å². The Bertz CT molecular complexity index is 328. The van der Waals surface area contributed by atoms with Crippen LogP contribution < -0.4 is 5.73 Å². The highest BCUT2D eigenvalue weighted by molar-refractivity contribution is 14.1. The Balaban J connectivity index is 3.14. The third-order valence-electron chi connectivity index (χ3n) is 1.76. The summed E-state index contributed by atoms with van der Waals surface area (Å²) in [4.78, 5) is 8.62. The van der Waals surface area contributed by atoms with Gasteiger partial charge in [-0.2, -0.15) is 0 Å². The number of aromatic nitrogens is 2. The number of rotatable bonds is 3. The van der Waals surface area contributed by atoms with Crippen molar-refractivity contribution < 1.29 is 4.74 Å². The molecule has 2 N–H and O–H groups in total. The summed E-state index contributed by atoms with van der Waals surface area (Å²) in [6, 6.07) is 0. The van der Waals surface area contributed by atoms with Crippen LogP contribution in [0, 0.1) is 3.57 Å². The lowest BCUT2D eigenvalue weighted by molar-refractivity contribution is 0.180. The van der Waals surface area contributed by atoms with Crippen LogP contribution in [-0.2, 0) is 11.3 Å². The van der Waals surface area contributed by atoms with E-state index in [0.717, 1.165) is 15.1 Å². The van der Waals surface area contributed by atoms with E-state index in [2.05, 4.69) is 32.6 Å². The van der Waals surface area contributed by atoms with Crippen LogP contribution in [0.15, 0.2) is 0 Å². The number of nitrogen functional groups attached to an aromatic ring is 1. The van der Waals surface area contributed by atoms with Gasteiger partial charge in [-0.15, -0.1) is 0 Å². The van der Waals surface area contributed by atoms with E-state index in [4.69, 9.17) is 10.5 Å². The number of halogens is 1. The molecule has 1 rings (SSSR count). The minimum Gasteiger partial charge on any atom is -0.383 e. The monoisotopic (exact) mass is 307 g/mol. The maximum Gasteiger partial charge on any atom is 0.141 e. The topological polar surface area (TPSA) is 61.0 Å². The molecule has 0 saturated heterocycles. The number of hydrogen-bond acceptors (Lipinski definition) is 4. The molecule has 0 amide bonds. The second-order valence-electron chi connectivity index (χ2n) is 3.32. The highest BCUT2D eigenvalue weighted by atomic mass is 127. The van der Waals surface area contributed by atoms with E-state index in [1.165, 1.54) is 0 Å². The summed E-state index contributed by atoms with van der Waals surface area (Å²) in [6.07, 6.45) is 0. The van der Waals surface area contributed by atoms with Crippen LogP contribution in [0.2, 0.25) is 0 Å². The fraction of sp³-hybridized carbons (Fsp3) is 0.556. The van der Waals surface area contributed by atoms with Gasteiger partial charge in [-0.1, -0.05) is 13.8 Å². The van der Waals surface area contributed by atoms with Crippen molar-refractivity contribution in [2.45, 2.75) is 26.4 Å². The summed E-state index contributed by atoms with van der Waals surface area (Å²) in [6.45, 7) is 4.56. The molecule has 0 aromatic carbocycles. The largest absolute Gasteiger partial charge is 0.383 e. The minimum absolute atomic E-state index is 0.282. The third kappa shape index (κ3) is 2.54. The van der Waals surface area contributed by atoms with Gasteiger partial charge in [0.15, 0.2) is 0 Å². The van der Waals surface area contributed by atoms with Gasteiger partial charge in [-0.25, -0.2) is 9.97 Å². The van der Waals surface area contributed by atoms with Crippen LogP contribution in [-0.4, -0.2) is 17.1 Å². The van der Waals surface area contributed by atoms with E-state index in [9.17, 15) is 0 Å². The lowest BCUT2D eigenvalue weighted by Crippen LogP contribution is -2.09. The Kier molecular flexibility index (Phi) is 4.06. The van der Waals surface area contributed by atoms with Gasteiger partial charge in [0.05, 0.1) is 15.9 Å². The molecule has 0 bridgehead atoms. The van der Waals surface area contributed by atoms with Crippen molar-refractivity contribution in [3.05, 3.63) is 15.1 Å². The molecule has 78 valence electrons. The van der Waals surface area contributed by atoms with E-state index < -0.39 is 0 Å². The fourth-order valence-electron chi connectivity index (χ4n) is 1.02. The number of methoxy groups -OCH3 is 1. The minimum atomic E-state index is 0.282. The second-order valence-corrected chi connectivity index (χ2v) is 4.39. The third-order valence-corrected chi connectivity index (χ3v) is 2.94. The predicted octanol–water partition coefficient (Wildman–Crippen LogP) is 1.93. The Hall–Kier alpha value is -0.430. The molecule has 14 heavy (non-hydrogen) atoms. The number of nitrogens with zero attached hydrogens (tertiary/aromatic N) is 2. The van der Waals surface area contributed by atoms with Gasteiger partial charge >= 0.3 is 0 Å². The van der Waals surface area contributed by atoms with Crippen molar-refractivity contribution in [1.29, 1.82) is 0 Å². The first kappa shape index (κ1) is 11.6. The zero-order valence-corrected chi connectivity index (χ0v) is 10.7. The molecule has 0 aliphatic heterocycles. The zero-order chi connectivity index (χ0) is 10.7. The number of anilines is 1. The van der Waals surface area contributed by atoms with Crippen LogP contribution in [0.4, 0.5) is 5.82 Å². The normalized spacial score (nSPS) is 10.9. The molecule has 4 nitrogen and oxygen atoms in total. The van der Waals surface area contributed by atoms with Crippen molar-refractivity contribution in [3.8, 4) is 0 Å². The average Bonchev–Trinajstić information content (AvgIpc) is 2.12. The average molecular weight is 307 g/mol. The molecule has 0 spiro atoms. The maximum absolute atomic E-state index is 5.78. The Morgan fingerprint density at radius 3 is 2.57 bits per heavy atom. The van der Waals surface area contributed by atoms with Crippen LogP contribution in [0.5, 0.6) is 0 Å². The van der Waals surface area contributed by atoms with Gasteiger partial charge in [0, 0.05) is 13.0 Å². The van der Waals surface area contributed by atoms with Gasteiger partial charge in [-0.3, -0.25) is 0 Å². The molecule has 1 heterocycles. The summed E-state index contributed by atoms with van der Waals surface area (Å²) < 4.78 is 5.93. The van der Waals surface area contributed by atoms with Gasteiger partial charge in [-0.05, 0) is 22.6 Å². The van der Waals surface area contributed by atoms with E-state index in [1.54, 1.807) is 7.11 Å². The van der Waals surface area contributed by atoms with Crippen LogP contribution in [0.1, 0.15) is 31.3 Å². The van der Waals surface area contributed by atoms with Gasteiger partial charge in [0.25, 0.3) is 0 Å². The van der Waals surface area contributed by atoms with E-state index >= 15 is 0 Å². The maximum atomic E-state index is 5.78. The second kappa shape index (κ2) is 4.88. The molecule has 5 heteroatoms. The summed E-state index contributed by atoms with van der Waals surface area (Å²) in [5.41, 5.74) is 6.64. The molecule has 0 aliphatic carbocycles. The molecule has 0 radical (unpaired) electrons. The predicted molar refractivity (Wildman–Crippen MR) is 64.0 cm³/mol. The number of nitrogens with two attached hydrogens (primary N) is 1. The fourth-order valence-corrected chi connectivity index (χ4v) is 1.42. The molecule has 1 aromatic heterocycles. The smallest absolute Gasteiger partial charge is 0.141 e. The Morgan fingerprint density at radius 1 is 1.43 bits per heavy atom. The quantitative estimate of drug-likeness (QED) is 0.867. The zero-order valence-electron chi connectivity index (χ0n) is 8.54. The van der Waals surface area contributed by atoms with Crippen molar-refractivity contribution in [2.24, 2.45) is 0 Å². The lowest BCUT2D eigenvalue weighted by Gasteiger charge is -2.09. The number of hydrogen-bond donors (Lipinski definition) is 1. The Morgan fingerprint density at radius 2 is 2.07 bits per heavy atom. The Labute approximate surface area is 97.4 Å². The van der Waals surface area contributed by atoms with Crippen LogP contribution in [0.3, 0.4) is 0 Å². The summed E-state index contributed by atoms with van der Waals surface area (Å²) in [5, 5.41) is 0. The summed E-state index contributed by atoms with van der Waals surface area (Å²) in [5.74, 6) is 1.59. The lowest BCUT2D eigenvalue weighted by atomic mass is 10.2. The highest BCUT2D eigenvalue weighted by Gasteiger charge is 2.11. The van der Waals surface area contributed by atoms with Crippen molar-refractivity contribution in [3.63, 3.8) is 0 Å². The van der Waals surface area contributed by atoms with Gasteiger partial charge < -0.3 is 10.5 Å². The van der Waals surface area contributed by atoms with Gasteiger partial charge in [0.2, 0.25) is 0 Å². The standard InChI is InChI=1S/C9H14IN3O/c1-5(2)9-12-6(4-14-3)7(10)8(11)13-9/h5H,4H2,1-3H3,(H2,11,12,13). The molecule has 0 unspecified atom stereocenters. The molecule has 0 saturated carbocycles. The molecule has 1 aromatic rings. The van der Waals surface area contributed by atoms with Crippen molar-refractivity contribution in [1.82, 2.24) is 9.97 Å². The summed E-state index contributed by atoms with van der Waals surface area (Å²) in [7, 11) is 1.64. The molecular formula is C9H14IN3O. The molecule has 0 aliphatic rings. The highest BCUT2D eigenvalue weighted by Crippen LogP contribution is 2.20.